The van der Waals surface area contributed by atoms with Gasteiger partial charge in [0, 0.05) is 12.1 Å². The lowest BCUT2D eigenvalue weighted by Crippen LogP contribution is -2.36. The van der Waals surface area contributed by atoms with Gasteiger partial charge in [-0.25, -0.2) is 12.6 Å². The molecule has 1 aromatic carbocycles. The molecule has 1 amide bonds. The van der Waals surface area contributed by atoms with Crippen molar-refractivity contribution in [1.82, 2.24) is 5.32 Å². The fraction of sp³-hybridized carbons (Fsp3) is 0.462. The molecule has 1 aromatic rings. The molecule has 14 heteroatoms. The molecule has 0 radical (unpaired) electrons. The summed E-state index contributed by atoms with van der Waals surface area (Å²) in [7, 11) is -6.59. The van der Waals surface area contributed by atoms with Crippen LogP contribution in [0.1, 0.15) is 6.42 Å². The van der Waals surface area contributed by atoms with Crippen LogP contribution in [0.2, 0.25) is 0 Å². The predicted molar refractivity (Wildman–Crippen MR) is 91.5 cm³/mol. The number of carbonyl (C=O) groups is 1. The van der Waals surface area contributed by atoms with Gasteiger partial charge in [-0.1, -0.05) is 0 Å². The number of hydrogen-bond acceptors (Lipinski definition) is 7. The van der Waals surface area contributed by atoms with Crippen LogP contribution in [0.25, 0.3) is 0 Å². The number of sulfone groups is 1. The summed E-state index contributed by atoms with van der Waals surface area (Å²) < 4.78 is 71.5. The highest BCUT2D eigenvalue weighted by molar-refractivity contribution is 8.00. The SMILES string of the molecule is O=C(CSc1ccc(S(=O)C(F)(F)F)cc1[N+](=O)[O-])NC1CCS(=O)(=O)C1. The second-order valence-corrected chi connectivity index (χ2v) is 10.3. The molecule has 1 aliphatic heterocycles. The molecule has 1 fully saturated rings. The number of benzene rings is 1. The summed E-state index contributed by atoms with van der Waals surface area (Å²) >= 11 is 0.711. The topological polar surface area (TPSA) is 123 Å². The number of carbonyl (C=O) groups excluding carboxylic acids is 1. The van der Waals surface area contributed by atoms with Gasteiger partial charge in [-0.2, -0.15) is 13.2 Å². The Kier molecular flexibility index (Phi) is 6.52. The van der Waals surface area contributed by atoms with E-state index in [1.54, 1.807) is 0 Å². The van der Waals surface area contributed by atoms with Crippen molar-refractivity contribution in [2.75, 3.05) is 17.3 Å². The minimum absolute atomic E-state index is 0.0334. The summed E-state index contributed by atoms with van der Waals surface area (Å²) in [5.41, 5.74) is -5.75. The molecule has 8 nitrogen and oxygen atoms in total. The third-order valence-electron chi connectivity index (χ3n) is 3.51. The van der Waals surface area contributed by atoms with Gasteiger partial charge in [0.1, 0.15) is 0 Å². The molecule has 2 atom stereocenters. The largest absolute Gasteiger partial charge is 0.475 e. The van der Waals surface area contributed by atoms with Gasteiger partial charge in [-0.05, 0) is 18.6 Å². The lowest BCUT2D eigenvalue weighted by Gasteiger charge is -2.11. The smallest absolute Gasteiger partial charge is 0.352 e. The van der Waals surface area contributed by atoms with Crippen LogP contribution in [0.3, 0.4) is 0 Å². The average Bonchev–Trinajstić information content (AvgIpc) is 2.89. The van der Waals surface area contributed by atoms with Crippen molar-refractivity contribution >= 4 is 44.0 Å². The minimum atomic E-state index is -5.05. The first kappa shape index (κ1) is 21.6. The Morgan fingerprint density at radius 3 is 2.59 bits per heavy atom. The average molecular weight is 446 g/mol. The number of rotatable bonds is 6. The van der Waals surface area contributed by atoms with E-state index in [0.717, 1.165) is 12.1 Å². The van der Waals surface area contributed by atoms with Crippen LogP contribution < -0.4 is 5.32 Å². The van der Waals surface area contributed by atoms with Crippen LogP contribution in [-0.4, -0.2) is 52.3 Å². The lowest BCUT2D eigenvalue weighted by molar-refractivity contribution is -0.387. The molecule has 1 heterocycles. The van der Waals surface area contributed by atoms with Crippen LogP contribution in [0.15, 0.2) is 28.0 Å². The van der Waals surface area contributed by atoms with E-state index in [1.165, 1.54) is 0 Å². The van der Waals surface area contributed by atoms with Crippen molar-refractivity contribution in [3.8, 4) is 0 Å². The zero-order chi connectivity index (χ0) is 20.4. The van der Waals surface area contributed by atoms with Crippen LogP contribution in [0.4, 0.5) is 18.9 Å². The van der Waals surface area contributed by atoms with Gasteiger partial charge in [-0.3, -0.25) is 14.9 Å². The van der Waals surface area contributed by atoms with E-state index >= 15 is 0 Å². The zero-order valence-corrected chi connectivity index (χ0v) is 15.8. The highest BCUT2D eigenvalue weighted by Crippen LogP contribution is 2.34. The Morgan fingerprint density at radius 2 is 2.07 bits per heavy atom. The highest BCUT2D eigenvalue weighted by atomic mass is 32.2. The van der Waals surface area contributed by atoms with E-state index in [-0.39, 0.29) is 28.6 Å². The van der Waals surface area contributed by atoms with E-state index in [9.17, 15) is 40.7 Å². The fourth-order valence-corrected chi connectivity index (χ4v) is 5.50. The maximum atomic E-state index is 12.5. The number of nitro groups is 1. The number of thioether (sulfide) groups is 1. The first-order valence-corrected chi connectivity index (χ1v) is 11.2. The molecule has 1 aliphatic rings. The summed E-state index contributed by atoms with van der Waals surface area (Å²) in [6.45, 7) is 0. The first-order chi connectivity index (χ1) is 12.4. The standard InChI is InChI=1S/C13H13F3N2O6S3/c14-13(15,16)26(22)9-1-2-11(10(5-9)18(20)21)25-6-12(19)17-8-3-4-27(23,24)7-8/h1-2,5,8H,3-4,6-7H2,(H,17,19). The molecule has 0 saturated carbocycles. The first-order valence-electron chi connectivity index (χ1n) is 7.28. The van der Waals surface area contributed by atoms with Crippen molar-refractivity contribution in [3.05, 3.63) is 28.3 Å². The number of nitrogens with one attached hydrogen (secondary N) is 1. The fourth-order valence-electron chi connectivity index (χ4n) is 2.33. The molecule has 0 spiro atoms. The molecular formula is C13H13F3N2O6S3. The Balaban J connectivity index is 2.06. The number of nitrogens with zero attached hydrogens (tertiary/aromatic N) is 1. The van der Waals surface area contributed by atoms with Crippen molar-refractivity contribution < 1.29 is 35.5 Å². The third kappa shape index (κ3) is 5.90. The van der Waals surface area contributed by atoms with Gasteiger partial charge in [-0.15, -0.1) is 11.8 Å². The molecule has 1 saturated heterocycles. The Labute approximate surface area is 158 Å². The Hall–Kier alpha value is -1.67. The van der Waals surface area contributed by atoms with E-state index in [1.807, 2.05) is 0 Å². The van der Waals surface area contributed by atoms with Gasteiger partial charge in [0.25, 0.3) is 5.69 Å². The molecule has 0 aromatic heterocycles. The maximum Gasteiger partial charge on any atom is 0.475 e. The number of halogens is 3. The zero-order valence-electron chi connectivity index (χ0n) is 13.4. The molecule has 0 bridgehead atoms. The molecule has 2 rings (SSSR count). The van der Waals surface area contributed by atoms with Gasteiger partial charge in [0.15, 0.2) is 20.6 Å². The van der Waals surface area contributed by atoms with Gasteiger partial charge in [0.05, 0.1) is 32.0 Å². The van der Waals surface area contributed by atoms with Gasteiger partial charge in [0.2, 0.25) is 5.91 Å². The van der Waals surface area contributed by atoms with E-state index in [2.05, 4.69) is 5.32 Å². The summed E-state index contributed by atoms with van der Waals surface area (Å²) in [5, 5.41) is 13.6. The van der Waals surface area contributed by atoms with E-state index < -0.39 is 53.6 Å². The van der Waals surface area contributed by atoms with Gasteiger partial charge < -0.3 is 5.32 Å². The summed E-state index contributed by atoms with van der Waals surface area (Å²) in [4.78, 5) is 21.2. The summed E-state index contributed by atoms with van der Waals surface area (Å²) in [6.07, 6.45) is 0.275. The highest BCUT2D eigenvalue weighted by Gasteiger charge is 2.39. The van der Waals surface area contributed by atoms with Crippen LogP contribution >= 0.6 is 11.8 Å². The molecular weight excluding hydrogens is 433 g/mol. The number of hydrogen-bond donors (Lipinski definition) is 1. The normalized spacial score (nSPS) is 20.2. The van der Waals surface area contributed by atoms with Crippen molar-refractivity contribution in [2.24, 2.45) is 0 Å². The van der Waals surface area contributed by atoms with Crippen LogP contribution in [0.5, 0.6) is 0 Å². The third-order valence-corrected chi connectivity index (χ3v) is 7.44. The predicted octanol–water partition coefficient (Wildman–Crippen LogP) is 1.62. The van der Waals surface area contributed by atoms with E-state index in [4.69, 9.17) is 0 Å². The second kappa shape index (κ2) is 8.14. The quantitative estimate of drug-likeness (QED) is 0.400. The minimum Gasteiger partial charge on any atom is -0.352 e. The lowest BCUT2D eigenvalue weighted by atomic mass is 10.3. The van der Waals surface area contributed by atoms with Gasteiger partial charge >= 0.3 is 5.51 Å². The van der Waals surface area contributed by atoms with Crippen LogP contribution in [0, 0.1) is 10.1 Å². The molecule has 1 N–H and O–H groups in total. The van der Waals surface area contributed by atoms with Crippen LogP contribution in [-0.2, 0) is 25.4 Å². The number of amides is 1. The monoisotopic (exact) mass is 446 g/mol. The van der Waals surface area contributed by atoms with E-state index in [0.29, 0.717) is 17.8 Å². The summed E-state index contributed by atoms with van der Waals surface area (Å²) in [6, 6.07) is 1.87. The molecule has 150 valence electrons. The van der Waals surface area contributed by atoms with Crippen molar-refractivity contribution in [2.45, 2.75) is 27.8 Å². The molecule has 2 unspecified atom stereocenters. The number of alkyl halides is 3. The summed E-state index contributed by atoms with van der Waals surface area (Å²) in [5.74, 6) is -1.06. The molecule has 27 heavy (non-hydrogen) atoms. The molecule has 0 aliphatic carbocycles. The second-order valence-electron chi connectivity index (χ2n) is 5.56. The van der Waals surface area contributed by atoms with Crippen molar-refractivity contribution in [3.63, 3.8) is 0 Å². The number of nitro benzene ring substituents is 1. The Morgan fingerprint density at radius 1 is 1.41 bits per heavy atom. The Bertz CT molecular complexity index is 888. The van der Waals surface area contributed by atoms with Crippen molar-refractivity contribution in [1.29, 1.82) is 0 Å². The maximum absolute atomic E-state index is 12.5.